The molecule has 0 aromatic heterocycles. The molecule has 1 aromatic carbocycles. The lowest BCUT2D eigenvalue weighted by Gasteiger charge is -2.14. The van der Waals surface area contributed by atoms with E-state index in [0.29, 0.717) is 0 Å². The number of carbonyl (C=O) groups excluding carboxylic acids is 1. The van der Waals surface area contributed by atoms with Crippen LogP contribution in [0.2, 0.25) is 0 Å². The predicted molar refractivity (Wildman–Crippen MR) is 69.4 cm³/mol. The Morgan fingerprint density at radius 2 is 1.84 bits per heavy atom. The number of phenolic OH excluding ortho intramolecular Hbond substituents is 3. The van der Waals surface area contributed by atoms with Gasteiger partial charge in [0.25, 0.3) is 5.91 Å². The number of likely N-dealkylation sites (N-methyl/N-ethyl adjacent to an activating group) is 1. The molecule has 0 atom stereocenters. The van der Waals surface area contributed by atoms with Crippen LogP contribution in [0.1, 0.15) is 5.56 Å². The molecule has 0 fully saturated rings. The summed E-state index contributed by atoms with van der Waals surface area (Å²) in [5.41, 5.74) is 5.30. The highest BCUT2D eigenvalue weighted by atomic mass is 16.3. The fourth-order valence-corrected chi connectivity index (χ4v) is 1.39. The quantitative estimate of drug-likeness (QED) is 0.289. The first-order valence-corrected chi connectivity index (χ1v) is 5.60. The highest BCUT2D eigenvalue weighted by molar-refractivity contribution is 5.79. The Hall–Kier alpha value is -2.41. The number of hydrogen-bond acceptors (Lipinski definition) is 5. The van der Waals surface area contributed by atoms with Gasteiger partial charge in [-0.2, -0.15) is 0 Å². The molecular formula is C12H18N3O4+. The zero-order chi connectivity index (χ0) is 14.6. The molecule has 0 aliphatic rings. The van der Waals surface area contributed by atoms with Crippen molar-refractivity contribution in [2.75, 3.05) is 20.6 Å². The van der Waals surface area contributed by atoms with E-state index in [4.69, 9.17) is 0 Å². The van der Waals surface area contributed by atoms with Crippen LogP contribution in [0.3, 0.4) is 0 Å². The smallest absolute Gasteiger partial charge is 0.293 e. The van der Waals surface area contributed by atoms with Crippen LogP contribution in [-0.4, -0.2) is 41.9 Å². The molecule has 0 saturated heterocycles. The Morgan fingerprint density at radius 1 is 1.21 bits per heavy atom. The van der Waals surface area contributed by atoms with Crippen molar-refractivity contribution in [2.24, 2.45) is 0 Å². The average Bonchev–Trinajstić information content (AvgIpc) is 2.32. The lowest BCUT2D eigenvalue weighted by molar-refractivity contribution is -0.849. The van der Waals surface area contributed by atoms with Crippen molar-refractivity contribution in [1.82, 2.24) is 10.9 Å². The van der Waals surface area contributed by atoms with Crippen molar-refractivity contribution in [1.29, 1.82) is 0 Å². The van der Waals surface area contributed by atoms with E-state index in [1.807, 2.05) is 14.1 Å². The summed E-state index contributed by atoms with van der Waals surface area (Å²) in [7, 11) is 3.66. The van der Waals surface area contributed by atoms with Gasteiger partial charge < -0.3 is 20.2 Å². The number of quaternary nitrogens is 1. The van der Waals surface area contributed by atoms with Crippen LogP contribution in [0.15, 0.2) is 18.7 Å². The molecule has 7 nitrogen and oxygen atoms in total. The molecule has 19 heavy (non-hydrogen) atoms. The third-order valence-corrected chi connectivity index (χ3v) is 2.32. The van der Waals surface area contributed by atoms with Crippen molar-refractivity contribution < 1.29 is 25.0 Å². The molecular weight excluding hydrogens is 250 g/mol. The number of rotatable bonds is 5. The third kappa shape index (κ3) is 3.78. The second kappa shape index (κ2) is 5.96. The normalized spacial score (nSPS) is 10.3. The van der Waals surface area contributed by atoms with Gasteiger partial charge in [-0.25, -0.2) is 0 Å². The van der Waals surface area contributed by atoms with Gasteiger partial charge in [0.05, 0.1) is 19.8 Å². The summed E-state index contributed by atoms with van der Waals surface area (Å²) in [5, 5.41) is 28.2. The van der Waals surface area contributed by atoms with E-state index in [0.717, 1.165) is 4.90 Å². The number of aromatic hydroxyl groups is 3. The lowest BCUT2D eigenvalue weighted by Crippen LogP contribution is -3.07. The zero-order valence-corrected chi connectivity index (χ0v) is 10.8. The van der Waals surface area contributed by atoms with Gasteiger partial charge in [-0.3, -0.25) is 15.6 Å². The Labute approximate surface area is 110 Å². The molecule has 7 heteroatoms. The van der Waals surface area contributed by atoms with E-state index in [9.17, 15) is 20.1 Å². The van der Waals surface area contributed by atoms with Crippen LogP contribution in [0.5, 0.6) is 17.2 Å². The standard InChI is InChI=1S/C12H17N3O4/c1-7(13-14-10(17)6-15(2)3)8-4-5-9(16)12(19)11(8)18/h4-5,13,16,18-19H,1,6H2,2-3H3,(H,14,17)/p+1. The minimum atomic E-state index is -0.635. The number of nitrogens with one attached hydrogen (secondary N) is 3. The number of carbonyl (C=O) groups is 1. The SMILES string of the molecule is C=C(NNC(=O)C[NH+](C)C)c1ccc(O)c(O)c1O. The fraction of sp³-hybridized carbons (Fsp3) is 0.250. The van der Waals surface area contributed by atoms with Crippen LogP contribution in [0.4, 0.5) is 0 Å². The first-order valence-electron chi connectivity index (χ1n) is 5.60. The maximum Gasteiger partial charge on any atom is 0.293 e. The molecule has 0 radical (unpaired) electrons. The first-order chi connectivity index (χ1) is 8.82. The van der Waals surface area contributed by atoms with Gasteiger partial charge in [-0.1, -0.05) is 6.58 Å². The number of phenols is 3. The monoisotopic (exact) mass is 268 g/mol. The molecule has 0 saturated carbocycles. The average molecular weight is 268 g/mol. The number of benzene rings is 1. The van der Waals surface area contributed by atoms with Gasteiger partial charge in [-0.05, 0) is 12.1 Å². The van der Waals surface area contributed by atoms with Crippen LogP contribution < -0.4 is 15.8 Å². The van der Waals surface area contributed by atoms with E-state index >= 15 is 0 Å². The van der Waals surface area contributed by atoms with E-state index < -0.39 is 17.2 Å². The summed E-state index contributed by atoms with van der Waals surface area (Å²) in [6.45, 7) is 3.89. The Balaban J connectivity index is 2.69. The third-order valence-electron chi connectivity index (χ3n) is 2.32. The van der Waals surface area contributed by atoms with Crippen molar-refractivity contribution in [3.63, 3.8) is 0 Å². The predicted octanol–water partition coefficient (Wildman–Crippen LogP) is -1.46. The highest BCUT2D eigenvalue weighted by Gasteiger charge is 2.14. The fourth-order valence-electron chi connectivity index (χ4n) is 1.39. The topological polar surface area (TPSA) is 106 Å². The molecule has 0 bridgehead atoms. The molecule has 6 N–H and O–H groups in total. The maximum atomic E-state index is 11.4. The molecule has 1 amide bonds. The molecule has 0 heterocycles. The first kappa shape index (κ1) is 14.7. The highest BCUT2D eigenvalue weighted by Crippen LogP contribution is 2.38. The van der Waals surface area contributed by atoms with Crippen molar-refractivity contribution in [2.45, 2.75) is 0 Å². The van der Waals surface area contributed by atoms with Crippen molar-refractivity contribution in [3.05, 3.63) is 24.3 Å². The van der Waals surface area contributed by atoms with E-state index in [-0.39, 0.29) is 23.7 Å². The Morgan fingerprint density at radius 3 is 2.42 bits per heavy atom. The van der Waals surface area contributed by atoms with Gasteiger partial charge in [0.15, 0.2) is 18.0 Å². The second-order valence-corrected chi connectivity index (χ2v) is 4.37. The van der Waals surface area contributed by atoms with Crippen LogP contribution in [0.25, 0.3) is 5.70 Å². The van der Waals surface area contributed by atoms with Crippen LogP contribution >= 0.6 is 0 Å². The summed E-state index contributed by atoms with van der Waals surface area (Å²) < 4.78 is 0. The van der Waals surface area contributed by atoms with E-state index in [1.54, 1.807) is 0 Å². The molecule has 0 aliphatic carbocycles. The molecule has 1 aromatic rings. The van der Waals surface area contributed by atoms with E-state index in [2.05, 4.69) is 17.4 Å². The lowest BCUT2D eigenvalue weighted by atomic mass is 10.1. The number of hydrazine groups is 1. The number of hydrogen-bond donors (Lipinski definition) is 6. The summed E-state index contributed by atoms with van der Waals surface area (Å²) in [5.74, 6) is -1.83. The summed E-state index contributed by atoms with van der Waals surface area (Å²) in [6, 6.07) is 2.58. The zero-order valence-electron chi connectivity index (χ0n) is 10.8. The van der Waals surface area contributed by atoms with Crippen LogP contribution in [-0.2, 0) is 4.79 Å². The summed E-state index contributed by atoms with van der Waals surface area (Å²) in [4.78, 5) is 12.4. The van der Waals surface area contributed by atoms with Gasteiger partial charge in [0.2, 0.25) is 5.75 Å². The Bertz CT molecular complexity index is 500. The van der Waals surface area contributed by atoms with Crippen molar-refractivity contribution >= 4 is 11.6 Å². The minimum Gasteiger partial charge on any atom is -0.504 e. The number of amides is 1. The van der Waals surface area contributed by atoms with Crippen molar-refractivity contribution in [3.8, 4) is 17.2 Å². The molecule has 0 spiro atoms. The van der Waals surface area contributed by atoms with Crippen LogP contribution in [0, 0.1) is 0 Å². The Kier molecular flexibility index (Phi) is 4.60. The van der Waals surface area contributed by atoms with E-state index in [1.165, 1.54) is 12.1 Å². The molecule has 0 aliphatic heterocycles. The van der Waals surface area contributed by atoms with Gasteiger partial charge in [0.1, 0.15) is 0 Å². The maximum absolute atomic E-state index is 11.4. The van der Waals surface area contributed by atoms with Gasteiger partial charge >= 0.3 is 0 Å². The molecule has 1 rings (SSSR count). The molecule has 104 valence electrons. The second-order valence-electron chi connectivity index (χ2n) is 4.37. The summed E-state index contributed by atoms with van der Waals surface area (Å²) in [6.07, 6.45) is 0. The van der Waals surface area contributed by atoms with Gasteiger partial charge in [-0.15, -0.1) is 0 Å². The summed E-state index contributed by atoms with van der Waals surface area (Å²) >= 11 is 0. The van der Waals surface area contributed by atoms with Gasteiger partial charge in [0, 0.05) is 5.56 Å². The molecule has 0 unspecified atom stereocenters. The minimum absolute atomic E-state index is 0.174. The largest absolute Gasteiger partial charge is 0.504 e.